The van der Waals surface area contributed by atoms with Crippen molar-refractivity contribution in [3.63, 3.8) is 0 Å². The fourth-order valence-electron chi connectivity index (χ4n) is 1.74. The largest absolute Gasteiger partial charge is 0.313 e. The average molecular weight is 247 g/mol. The van der Waals surface area contributed by atoms with Crippen molar-refractivity contribution < 1.29 is 4.92 Å². The monoisotopic (exact) mass is 247 g/mol. The number of rotatable bonds is 7. The van der Waals surface area contributed by atoms with E-state index in [2.05, 4.69) is 11.4 Å². The van der Waals surface area contributed by atoms with Crippen LogP contribution in [0.2, 0.25) is 0 Å². The Kier molecular flexibility index (Phi) is 5.81. The Hall–Kier alpha value is -1.93. The van der Waals surface area contributed by atoms with Gasteiger partial charge in [0.25, 0.3) is 5.69 Å². The fourth-order valence-corrected chi connectivity index (χ4v) is 1.74. The van der Waals surface area contributed by atoms with E-state index in [0.717, 1.165) is 24.9 Å². The molecule has 5 heteroatoms. The first-order valence-electron chi connectivity index (χ1n) is 5.97. The number of unbranched alkanes of at least 4 members (excludes halogenated alkanes) is 2. The van der Waals surface area contributed by atoms with Gasteiger partial charge in [-0.05, 0) is 31.9 Å². The van der Waals surface area contributed by atoms with Crippen LogP contribution < -0.4 is 5.32 Å². The molecule has 0 unspecified atom stereocenters. The Morgan fingerprint density at radius 1 is 1.44 bits per heavy atom. The summed E-state index contributed by atoms with van der Waals surface area (Å²) in [7, 11) is 0. The highest BCUT2D eigenvalue weighted by Gasteiger charge is 2.12. The van der Waals surface area contributed by atoms with E-state index in [4.69, 9.17) is 5.26 Å². The maximum Gasteiger partial charge on any atom is 0.272 e. The van der Waals surface area contributed by atoms with Crippen LogP contribution in [0.5, 0.6) is 0 Å². The highest BCUT2D eigenvalue weighted by Crippen LogP contribution is 2.20. The van der Waals surface area contributed by atoms with Gasteiger partial charge in [0.05, 0.1) is 11.0 Å². The molecule has 0 aliphatic carbocycles. The molecule has 0 spiro atoms. The van der Waals surface area contributed by atoms with E-state index in [9.17, 15) is 10.1 Å². The molecule has 0 bridgehead atoms. The molecular formula is C13H17N3O2. The SMILES string of the molecule is Cc1c(CNCCCCC#N)cccc1[N+](=O)[O-]. The standard InChI is InChI=1S/C13H17N3O2/c1-11-12(6-5-7-13(11)16(17)18)10-15-9-4-2-3-8-14/h5-7,15H,2-4,9-10H2,1H3. The lowest BCUT2D eigenvalue weighted by atomic mass is 10.1. The molecule has 1 aromatic rings. The number of hydrogen-bond donors (Lipinski definition) is 1. The molecule has 18 heavy (non-hydrogen) atoms. The minimum atomic E-state index is -0.355. The van der Waals surface area contributed by atoms with Gasteiger partial charge in [-0.25, -0.2) is 0 Å². The lowest BCUT2D eigenvalue weighted by Gasteiger charge is -2.07. The number of nitriles is 1. The molecule has 0 radical (unpaired) electrons. The van der Waals surface area contributed by atoms with E-state index < -0.39 is 0 Å². The fraction of sp³-hybridized carbons (Fsp3) is 0.462. The molecule has 1 aromatic carbocycles. The van der Waals surface area contributed by atoms with Crippen LogP contribution in [0.15, 0.2) is 18.2 Å². The summed E-state index contributed by atoms with van der Waals surface area (Å²) in [5, 5.41) is 22.4. The summed E-state index contributed by atoms with van der Waals surface area (Å²) in [6, 6.07) is 7.22. The number of nitrogens with one attached hydrogen (secondary N) is 1. The maximum absolute atomic E-state index is 10.8. The molecule has 0 atom stereocenters. The van der Waals surface area contributed by atoms with Gasteiger partial charge in [-0.1, -0.05) is 12.1 Å². The molecule has 0 fully saturated rings. The summed E-state index contributed by atoms with van der Waals surface area (Å²) in [4.78, 5) is 10.4. The topological polar surface area (TPSA) is 79.0 Å². The van der Waals surface area contributed by atoms with Crippen LogP contribution in [-0.2, 0) is 6.54 Å². The second-order valence-electron chi connectivity index (χ2n) is 4.11. The molecule has 0 aliphatic rings. The van der Waals surface area contributed by atoms with E-state index >= 15 is 0 Å². The first-order chi connectivity index (χ1) is 8.66. The van der Waals surface area contributed by atoms with Crippen molar-refractivity contribution in [1.82, 2.24) is 5.32 Å². The highest BCUT2D eigenvalue weighted by atomic mass is 16.6. The minimum absolute atomic E-state index is 0.166. The summed E-state index contributed by atoms with van der Waals surface area (Å²) < 4.78 is 0. The first-order valence-corrected chi connectivity index (χ1v) is 5.97. The molecule has 0 saturated heterocycles. The van der Waals surface area contributed by atoms with Gasteiger partial charge in [-0.3, -0.25) is 10.1 Å². The summed E-state index contributed by atoms with van der Waals surface area (Å²) >= 11 is 0. The van der Waals surface area contributed by atoms with Crippen molar-refractivity contribution in [1.29, 1.82) is 5.26 Å². The van der Waals surface area contributed by atoms with Crippen LogP contribution in [0.3, 0.4) is 0 Å². The van der Waals surface area contributed by atoms with Gasteiger partial charge in [-0.2, -0.15) is 5.26 Å². The molecule has 5 nitrogen and oxygen atoms in total. The molecule has 0 heterocycles. The van der Waals surface area contributed by atoms with Gasteiger partial charge < -0.3 is 5.32 Å². The third-order valence-electron chi connectivity index (χ3n) is 2.82. The number of nitro groups is 1. The smallest absolute Gasteiger partial charge is 0.272 e. The summed E-state index contributed by atoms with van der Waals surface area (Å²) in [5.74, 6) is 0. The van der Waals surface area contributed by atoms with Crippen molar-refractivity contribution in [2.24, 2.45) is 0 Å². The van der Waals surface area contributed by atoms with Crippen LogP contribution in [0, 0.1) is 28.4 Å². The second-order valence-corrected chi connectivity index (χ2v) is 4.11. The Labute approximate surface area is 107 Å². The Balaban J connectivity index is 2.46. The van der Waals surface area contributed by atoms with E-state index in [-0.39, 0.29) is 10.6 Å². The Bertz CT molecular complexity index is 452. The normalized spacial score (nSPS) is 10.0. The minimum Gasteiger partial charge on any atom is -0.313 e. The zero-order valence-corrected chi connectivity index (χ0v) is 10.5. The van der Waals surface area contributed by atoms with Gasteiger partial charge in [-0.15, -0.1) is 0 Å². The average Bonchev–Trinajstić information content (AvgIpc) is 2.35. The van der Waals surface area contributed by atoms with Gasteiger partial charge >= 0.3 is 0 Å². The van der Waals surface area contributed by atoms with Crippen molar-refractivity contribution >= 4 is 5.69 Å². The summed E-state index contributed by atoms with van der Waals surface area (Å²) in [6.45, 7) is 3.22. The van der Waals surface area contributed by atoms with Gasteiger partial charge in [0.15, 0.2) is 0 Å². The lowest BCUT2D eigenvalue weighted by Crippen LogP contribution is -2.15. The van der Waals surface area contributed by atoms with Gasteiger partial charge in [0.2, 0.25) is 0 Å². The molecular weight excluding hydrogens is 230 g/mol. The molecule has 0 aromatic heterocycles. The van der Waals surface area contributed by atoms with E-state index in [1.807, 2.05) is 6.07 Å². The van der Waals surface area contributed by atoms with Crippen molar-refractivity contribution in [2.45, 2.75) is 32.7 Å². The van der Waals surface area contributed by atoms with Crippen LogP contribution in [0.1, 0.15) is 30.4 Å². The highest BCUT2D eigenvalue weighted by molar-refractivity contribution is 5.44. The van der Waals surface area contributed by atoms with Gasteiger partial charge in [0.1, 0.15) is 0 Å². The second kappa shape index (κ2) is 7.41. The van der Waals surface area contributed by atoms with Crippen molar-refractivity contribution in [3.05, 3.63) is 39.4 Å². The zero-order chi connectivity index (χ0) is 13.4. The molecule has 96 valence electrons. The van der Waals surface area contributed by atoms with Gasteiger partial charge in [0, 0.05) is 24.6 Å². The molecule has 0 amide bonds. The maximum atomic E-state index is 10.8. The number of nitrogens with zero attached hydrogens (tertiary/aromatic N) is 2. The third kappa shape index (κ3) is 4.15. The predicted octanol–water partition coefficient (Wildman–Crippen LogP) is 2.69. The van der Waals surface area contributed by atoms with Crippen LogP contribution in [-0.4, -0.2) is 11.5 Å². The van der Waals surface area contributed by atoms with E-state index in [1.165, 1.54) is 6.07 Å². The third-order valence-corrected chi connectivity index (χ3v) is 2.82. The number of benzene rings is 1. The summed E-state index contributed by atoms with van der Waals surface area (Å²) in [6.07, 6.45) is 2.41. The van der Waals surface area contributed by atoms with E-state index in [1.54, 1.807) is 13.0 Å². The van der Waals surface area contributed by atoms with Crippen molar-refractivity contribution in [2.75, 3.05) is 6.54 Å². The van der Waals surface area contributed by atoms with Crippen LogP contribution in [0.25, 0.3) is 0 Å². The molecule has 0 saturated carbocycles. The zero-order valence-electron chi connectivity index (χ0n) is 10.5. The number of hydrogen-bond acceptors (Lipinski definition) is 4. The van der Waals surface area contributed by atoms with E-state index in [0.29, 0.717) is 18.5 Å². The van der Waals surface area contributed by atoms with Crippen LogP contribution >= 0.6 is 0 Å². The lowest BCUT2D eigenvalue weighted by molar-refractivity contribution is -0.385. The van der Waals surface area contributed by atoms with Crippen molar-refractivity contribution in [3.8, 4) is 6.07 Å². The quantitative estimate of drug-likeness (QED) is 0.456. The molecule has 1 rings (SSSR count). The predicted molar refractivity (Wildman–Crippen MR) is 69.0 cm³/mol. The van der Waals surface area contributed by atoms with Crippen LogP contribution in [0.4, 0.5) is 5.69 Å². The molecule has 0 aliphatic heterocycles. The Morgan fingerprint density at radius 2 is 2.22 bits per heavy atom. The summed E-state index contributed by atoms with van der Waals surface area (Å²) in [5.41, 5.74) is 1.83. The Morgan fingerprint density at radius 3 is 2.89 bits per heavy atom. The first kappa shape index (κ1) is 14.1. The number of nitro benzene ring substituents is 1. The molecule has 1 N–H and O–H groups in total.